The number of nitrogens with one attached hydrogen (secondary N) is 1. The standard InChI is InChI=1S/C20H24BrN3O4S/c1-15(2)14-28-19-9-7-16(8-10-19)12-22-23-20(25)13-24(29(3,26)27)18-6-4-5-17(21)11-18/h4-12,15H,13-14H2,1-3H3,(H,23,25)/b22-12-. The Morgan fingerprint density at radius 1 is 1.24 bits per heavy atom. The molecule has 0 unspecified atom stereocenters. The maximum atomic E-state index is 12.2. The van der Waals surface area contributed by atoms with Gasteiger partial charge in [-0.1, -0.05) is 35.8 Å². The van der Waals surface area contributed by atoms with Gasteiger partial charge in [0.2, 0.25) is 10.0 Å². The quantitative estimate of drug-likeness (QED) is 0.439. The van der Waals surface area contributed by atoms with Gasteiger partial charge in [0, 0.05) is 4.47 Å². The van der Waals surface area contributed by atoms with E-state index in [9.17, 15) is 13.2 Å². The molecule has 0 aliphatic rings. The van der Waals surface area contributed by atoms with Crippen LogP contribution in [-0.4, -0.2) is 39.9 Å². The summed E-state index contributed by atoms with van der Waals surface area (Å²) in [4.78, 5) is 12.2. The average Bonchev–Trinajstić information content (AvgIpc) is 2.64. The van der Waals surface area contributed by atoms with Crippen LogP contribution in [0, 0.1) is 5.92 Å². The Kier molecular flexibility index (Phi) is 8.21. The van der Waals surface area contributed by atoms with Gasteiger partial charge in [0.05, 0.1) is 24.8 Å². The number of halogens is 1. The van der Waals surface area contributed by atoms with Crippen molar-refractivity contribution in [1.29, 1.82) is 0 Å². The second-order valence-electron chi connectivity index (χ2n) is 6.82. The van der Waals surface area contributed by atoms with Crippen LogP contribution in [0.2, 0.25) is 0 Å². The Bertz CT molecular complexity index is 960. The van der Waals surface area contributed by atoms with E-state index in [0.717, 1.165) is 21.9 Å². The van der Waals surface area contributed by atoms with Crippen LogP contribution in [0.15, 0.2) is 58.1 Å². The van der Waals surface area contributed by atoms with Gasteiger partial charge in [-0.25, -0.2) is 13.8 Å². The Morgan fingerprint density at radius 2 is 1.93 bits per heavy atom. The van der Waals surface area contributed by atoms with E-state index in [0.29, 0.717) is 22.7 Å². The maximum Gasteiger partial charge on any atom is 0.260 e. The van der Waals surface area contributed by atoms with Crippen LogP contribution in [0.4, 0.5) is 5.69 Å². The van der Waals surface area contributed by atoms with Gasteiger partial charge in [-0.05, 0) is 53.9 Å². The van der Waals surface area contributed by atoms with Gasteiger partial charge >= 0.3 is 0 Å². The zero-order valence-electron chi connectivity index (χ0n) is 16.5. The van der Waals surface area contributed by atoms with Gasteiger partial charge in [-0.15, -0.1) is 0 Å². The summed E-state index contributed by atoms with van der Waals surface area (Å²) in [6.45, 7) is 4.41. The number of anilines is 1. The van der Waals surface area contributed by atoms with E-state index in [4.69, 9.17) is 4.74 Å². The molecule has 2 aromatic carbocycles. The summed E-state index contributed by atoms with van der Waals surface area (Å²) in [5.74, 6) is 0.649. The Labute approximate surface area is 179 Å². The van der Waals surface area contributed by atoms with E-state index >= 15 is 0 Å². The third kappa shape index (κ3) is 7.86. The lowest BCUT2D eigenvalue weighted by Gasteiger charge is -2.21. The molecule has 29 heavy (non-hydrogen) atoms. The van der Waals surface area contributed by atoms with Crippen LogP contribution < -0.4 is 14.5 Å². The highest BCUT2D eigenvalue weighted by Gasteiger charge is 2.20. The number of sulfonamides is 1. The molecule has 0 aliphatic carbocycles. The first kappa shape index (κ1) is 22.9. The van der Waals surface area contributed by atoms with Crippen LogP contribution in [0.5, 0.6) is 5.75 Å². The Morgan fingerprint density at radius 3 is 2.52 bits per heavy atom. The number of amides is 1. The van der Waals surface area contributed by atoms with Crippen molar-refractivity contribution < 1.29 is 17.9 Å². The molecule has 0 aromatic heterocycles. The summed E-state index contributed by atoms with van der Waals surface area (Å²) < 4.78 is 31.5. The summed E-state index contributed by atoms with van der Waals surface area (Å²) in [7, 11) is -3.64. The van der Waals surface area contributed by atoms with Crippen molar-refractivity contribution in [2.24, 2.45) is 11.0 Å². The van der Waals surface area contributed by atoms with Gasteiger partial charge in [-0.2, -0.15) is 5.10 Å². The molecule has 0 bridgehead atoms. The first-order valence-corrected chi connectivity index (χ1v) is 11.6. The average molecular weight is 482 g/mol. The smallest absolute Gasteiger partial charge is 0.260 e. The minimum absolute atomic E-state index is 0.380. The molecule has 0 radical (unpaired) electrons. The number of rotatable bonds is 9. The summed E-state index contributed by atoms with van der Waals surface area (Å²) in [5, 5.41) is 3.90. The van der Waals surface area contributed by atoms with E-state index < -0.39 is 15.9 Å². The lowest BCUT2D eigenvalue weighted by molar-refractivity contribution is -0.119. The zero-order valence-corrected chi connectivity index (χ0v) is 18.9. The highest BCUT2D eigenvalue weighted by Crippen LogP contribution is 2.21. The highest BCUT2D eigenvalue weighted by molar-refractivity contribution is 9.10. The Hall–Kier alpha value is -2.39. The number of carbonyl (C=O) groups is 1. The fourth-order valence-corrected chi connectivity index (χ4v) is 3.52. The second-order valence-corrected chi connectivity index (χ2v) is 9.64. The monoisotopic (exact) mass is 481 g/mol. The normalized spacial score (nSPS) is 11.6. The molecular formula is C20H24BrN3O4S. The largest absolute Gasteiger partial charge is 0.493 e. The topological polar surface area (TPSA) is 88.1 Å². The van der Waals surface area contributed by atoms with Crippen molar-refractivity contribution >= 4 is 43.8 Å². The minimum atomic E-state index is -3.64. The molecule has 0 atom stereocenters. The second kappa shape index (κ2) is 10.4. The first-order chi connectivity index (χ1) is 13.6. The van der Waals surface area contributed by atoms with Crippen LogP contribution in [0.3, 0.4) is 0 Å². The van der Waals surface area contributed by atoms with Gasteiger partial charge in [0.1, 0.15) is 12.3 Å². The molecule has 0 saturated carbocycles. The Balaban J connectivity index is 1.96. The number of nitrogens with zero attached hydrogens (tertiary/aromatic N) is 2. The predicted molar refractivity (Wildman–Crippen MR) is 119 cm³/mol. The first-order valence-electron chi connectivity index (χ1n) is 8.93. The summed E-state index contributed by atoms with van der Waals surface area (Å²) >= 11 is 3.30. The third-order valence-electron chi connectivity index (χ3n) is 3.65. The maximum absolute atomic E-state index is 12.2. The fraction of sp³-hybridized carbons (Fsp3) is 0.300. The van der Waals surface area contributed by atoms with E-state index in [1.54, 1.807) is 24.3 Å². The molecule has 7 nitrogen and oxygen atoms in total. The molecule has 9 heteroatoms. The number of hydrazone groups is 1. The lowest BCUT2D eigenvalue weighted by atomic mass is 10.2. The number of ether oxygens (including phenoxy) is 1. The van der Waals surface area contributed by atoms with Crippen molar-refractivity contribution in [3.63, 3.8) is 0 Å². The lowest BCUT2D eigenvalue weighted by Crippen LogP contribution is -2.39. The van der Waals surface area contributed by atoms with Gasteiger partial charge < -0.3 is 4.74 Å². The number of benzene rings is 2. The van der Waals surface area contributed by atoms with Crippen LogP contribution in [-0.2, 0) is 14.8 Å². The van der Waals surface area contributed by atoms with Crippen molar-refractivity contribution in [1.82, 2.24) is 5.43 Å². The van der Waals surface area contributed by atoms with Crippen LogP contribution in [0.25, 0.3) is 0 Å². The van der Waals surface area contributed by atoms with Crippen LogP contribution >= 0.6 is 15.9 Å². The molecular weight excluding hydrogens is 458 g/mol. The van der Waals surface area contributed by atoms with Gasteiger partial charge in [0.25, 0.3) is 5.91 Å². The number of carbonyl (C=O) groups excluding carboxylic acids is 1. The predicted octanol–water partition coefficient (Wildman–Crippen LogP) is 3.40. The fourth-order valence-electron chi connectivity index (χ4n) is 2.29. The molecule has 1 N–H and O–H groups in total. The van der Waals surface area contributed by atoms with Crippen LogP contribution in [0.1, 0.15) is 19.4 Å². The van der Waals surface area contributed by atoms with Crippen molar-refractivity contribution in [3.8, 4) is 5.75 Å². The summed E-state index contributed by atoms with van der Waals surface area (Å²) in [6, 6.07) is 14.0. The van der Waals surface area contributed by atoms with E-state index in [2.05, 4.69) is 40.3 Å². The summed E-state index contributed by atoms with van der Waals surface area (Å²) in [5.41, 5.74) is 3.51. The molecule has 0 saturated heterocycles. The minimum Gasteiger partial charge on any atom is -0.493 e. The zero-order chi connectivity index (χ0) is 21.4. The molecule has 0 spiro atoms. The molecule has 156 valence electrons. The van der Waals surface area contributed by atoms with Crippen molar-refractivity contribution in [3.05, 3.63) is 58.6 Å². The molecule has 2 rings (SSSR count). The van der Waals surface area contributed by atoms with Crippen molar-refractivity contribution in [2.45, 2.75) is 13.8 Å². The molecule has 2 aromatic rings. The molecule has 0 aliphatic heterocycles. The number of hydrogen-bond acceptors (Lipinski definition) is 5. The number of hydrogen-bond donors (Lipinski definition) is 1. The van der Waals surface area contributed by atoms with E-state index in [1.165, 1.54) is 6.21 Å². The third-order valence-corrected chi connectivity index (χ3v) is 5.28. The molecule has 1 amide bonds. The SMILES string of the molecule is CC(C)COc1ccc(/C=N\NC(=O)CN(c2cccc(Br)c2)S(C)(=O)=O)cc1. The van der Waals surface area contributed by atoms with Gasteiger partial charge in [0.15, 0.2) is 0 Å². The molecule has 0 heterocycles. The van der Waals surface area contributed by atoms with Crippen molar-refractivity contribution in [2.75, 3.05) is 23.7 Å². The van der Waals surface area contributed by atoms with E-state index in [1.807, 2.05) is 24.3 Å². The summed E-state index contributed by atoms with van der Waals surface area (Å²) in [6.07, 6.45) is 2.53. The van der Waals surface area contributed by atoms with Gasteiger partial charge in [-0.3, -0.25) is 9.10 Å². The molecule has 0 fully saturated rings. The highest BCUT2D eigenvalue weighted by atomic mass is 79.9. The van der Waals surface area contributed by atoms with E-state index in [-0.39, 0.29) is 6.54 Å².